The number of benzene rings is 1. The molecule has 1 aromatic carbocycles. The smallest absolute Gasteiger partial charge is 0.273 e. The predicted molar refractivity (Wildman–Crippen MR) is 79.8 cm³/mol. The molecule has 1 aromatic rings. The molecule has 92 valence electrons. The fourth-order valence-corrected chi connectivity index (χ4v) is 3.25. The Morgan fingerprint density at radius 2 is 2.22 bits per heavy atom. The van der Waals surface area contributed by atoms with E-state index in [-0.39, 0.29) is 16.1 Å². The van der Waals surface area contributed by atoms with Crippen LogP contribution in [0, 0.1) is 0 Å². The van der Waals surface area contributed by atoms with Crippen molar-refractivity contribution >= 4 is 62.1 Å². The summed E-state index contributed by atoms with van der Waals surface area (Å²) < 4.78 is 1.21. The fraction of sp³-hybridized carbons (Fsp3) is 0.0833. The summed E-state index contributed by atoms with van der Waals surface area (Å²) in [5.41, 5.74) is 0.883. The molecule has 0 unspecified atom stereocenters. The van der Waals surface area contributed by atoms with Crippen molar-refractivity contribution in [3.05, 3.63) is 39.2 Å². The molecule has 0 aliphatic carbocycles. The standard InChI is InChI=1S/C12H8BrNO2S2/c1-7(15)14-11(16)10(18-12(14)17)6-8-3-2-4-9(13)5-8/h2-6H,1H3/b10-6+. The van der Waals surface area contributed by atoms with E-state index in [2.05, 4.69) is 15.9 Å². The van der Waals surface area contributed by atoms with Crippen molar-refractivity contribution in [3.8, 4) is 0 Å². The number of rotatable bonds is 1. The molecule has 2 rings (SSSR count). The Morgan fingerprint density at radius 3 is 2.78 bits per heavy atom. The normalized spacial score (nSPS) is 17.7. The second kappa shape index (κ2) is 5.34. The van der Waals surface area contributed by atoms with Crippen molar-refractivity contribution in [1.82, 2.24) is 4.90 Å². The zero-order valence-corrected chi connectivity index (χ0v) is 12.6. The molecule has 0 spiro atoms. The third kappa shape index (κ3) is 2.71. The zero-order chi connectivity index (χ0) is 13.3. The van der Waals surface area contributed by atoms with Crippen molar-refractivity contribution in [1.29, 1.82) is 0 Å². The van der Waals surface area contributed by atoms with Crippen molar-refractivity contribution in [2.24, 2.45) is 0 Å². The van der Waals surface area contributed by atoms with Crippen LogP contribution in [-0.2, 0) is 9.59 Å². The second-order valence-electron chi connectivity index (χ2n) is 3.59. The van der Waals surface area contributed by atoms with Crippen LogP contribution in [0.5, 0.6) is 0 Å². The van der Waals surface area contributed by atoms with Gasteiger partial charge in [-0.25, -0.2) is 4.90 Å². The molecule has 1 fully saturated rings. The third-order valence-electron chi connectivity index (χ3n) is 2.26. The highest BCUT2D eigenvalue weighted by Gasteiger charge is 2.34. The number of carbonyl (C=O) groups is 2. The number of halogens is 1. The van der Waals surface area contributed by atoms with E-state index < -0.39 is 0 Å². The van der Waals surface area contributed by atoms with E-state index >= 15 is 0 Å². The fourth-order valence-electron chi connectivity index (χ4n) is 1.49. The van der Waals surface area contributed by atoms with E-state index in [1.54, 1.807) is 6.08 Å². The number of hydrogen-bond acceptors (Lipinski definition) is 4. The summed E-state index contributed by atoms with van der Waals surface area (Å²) >= 11 is 9.52. The Balaban J connectivity index is 2.34. The molecular weight excluding hydrogens is 334 g/mol. The molecule has 1 aliphatic rings. The lowest BCUT2D eigenvalue weighted by atomic mass is 10.2. The lowest BCUT2D eigenvalue weighted by molar-refractivity contribution is -0.135. The number of carbonyl (C=O) groups excluding carboxylic acids is 2. The van der Waals surface area contributed by atoms with Gasteiger partial charge in [0.15, 0.2) is 4.32 Å². The first kappa shape index (κ1) is 13.5. The van der Waals surface area contributed by atoms with Gasteiger partial charge in [0.25, 0.3) is 5.91 Å². The number of thiocarbonyl (C=S) groups is 1. The summed E-state index contributed by atoms with van der Waals surface area (Å²) in [5.74, 6) is -0.701. The van der Waals surface area contributed by atoms with E-state index in [0.717, 1.165) is 26.7 Å². The van der Waals surface area contributed by atoms with Gasteiger partial charge in [-0.15, -0.1) is 0 Å². The Kier molecular flexibility index (Phi) is 3.99. The lowest BCUT2D eigenvalue weighted by Crippen LogP contribution is -2.32. The topological polar surface area (TPSA) is 37.4 Å². The maximum absolute atomic E-state index is 12.0. The van der Waals surface area contributed by atoms with Crippen LogP contribution in [0.15, 0.2) is 33.6 Å². The second-order valence-corrected chi connectivity index (χ2v) is 6.18. The van der Waals surface area contributed by atoms with Gasteiger partial charge in [0.2, 0.25) is 5.91 Å². The van der Waals surface area contributed by atoms with Gasteiger partial charge in [-0.2, -0.15) is 0 Å². The maximum atomic E-state index is 12.0. The monoisotopic (exact) mass is 341 g/mol. The van der Waals surface area contributed by atoms with Crippen LogP contribution in [-0.4, -0.2) is 21.0 Å². The van der Waals surface area contributed by atoms with Gasteiger partial charge in [0, 0.05) is 11.4 Å². The summed E-state index contributed by atoms with van der Waals surface area (Å²) in [6.07, 6.45) is 1.73. The number of nitrogens with zero attached hydrogens (tertiary/aromatic N) is 1. The summed E-state index contributed by atoms with van der Waals surface area (Å²) in [6, 6.07) is 7.55. The first-order valence-electron chi connectivity index (χ1n) is 5.03. The predicted octanol–water partition coefficient (Wildman–Crippen LogP) is 3.20. The van der Waals surface area contributed by atoms with Crippen LogP contribution < -0.4 is 0 Å². The summed E-state index contributed by atoms with van der Waals surface area (Å²) in [4.78, 5) is 24.7. The molecule has 18 heavy (non-hydrogen) atoms. The largest absolute Gasteiger partial charge is 0.274 e. The molecule has 0 bridgehead atoms. The quantitative estimate of drug-likeness (QED) is 0.580. The van der Waals surface area contributed by atoms with E-state index in [1.807, 2.05) is 24.3 Å². The lowest BCUT2D eigenvalue weighted by Gasteiger charge is -2.07. The minimum absolute atomic E-state index is 0.286. The van der Waals surface area contributed by atoms with Gasteiger partial charge in [0.1, 0.15) is 0 Å². The summed E-state index contributed by atoms with van der Waals surface area (Å²) in [6.45, 7) is 1.33. The average Bonchev–Trinajstić information content (AvgIpc) is 2.54. The van der Waals surface area contributed by atoms with Crippen molar-refractivity contribution < 1.29 is 9.59 Å². The molecule has 0 radical (unpaired) electrons. The van der Waals surface area contributed by atoms with Crippen LogP contribution in [0.2, 0.25) is 0 Å². The molecule has 0 atom stereocenters. The van der Waals surface area contributed by atoms with Crippen LogP contribution >= 0.6 is 39.9 Å². The van der Waals surface area contributed by atoms with Crippen LogP contribution in [0.1, 0.15) is 12.5 Å². The zero-order valence-electron chi connectivity index (χ0n) is 9.34. The van der Waals surface area contributed by atoms with Crippen LogP contribution in [0.25, 0.3) is 6.08 Å². The molecule has 3 nitrogen and oxygen atoms in total. The Hall–Kier alpha value is -0.980. The van der Waals surface area contributed by atoms with E-state index in [0.29, 0.717) is 4.91 Å². The van der Waals surface area contributed by atoms with Crippen molar-refractivity contribution in [3.63, 3.8) is 0 Å². The Labute approximate surface area is 122 Å². The molecule has 1 aliphatic heterocycles. The van der Waals surface area contributed by atoms with Gasteiger partial charge in [-0.1, -0.05) is 52.0 Å². The third-order valence-corrected chi connectivity index (χ3v) is 4.05. The molecule has 1 heterocycles. The molecular formula is C12H8BrNO2S2. The highest BCUT2D eigenvalue weighted by Crippen LogP contribution is 2.32. The van der Waals surface area contributed by atoms with E-state index in [1.165, 1.54) is 6.92 Å². The number of hydrogen-bond donors (Lipinski definition) is 0. The molecule has 0 saturated carbocycles. The summed E-state index contributed by atoms with van der Waals surface area (Å²) in [7, 11) is 0. The summed E-state index contributed by atoms with van der Waals surface area (Å²) in [5, 5.41) is 0. The van der Waals surface area contributed by atoms with Crippen molar-refractivity contribution in [2.75, 3.05) is 0 Å². The molecule has 0 N–H and O–H groups in total. The Morgan fingerprint density at radius 1 is 1.50 bits per heavy atom. The molecule has 1 saturated heterocycles. The van der Waals surface area contributed by atoms with Gasteiger partial charge < -0.3 is 0 Å². The van der Waals surface area contributed by atoms with Crippen LogP contribution in [0.4, 0.5) is 0 Å². The maximum Gasteiger partial charge on any atom is 0.273 e. The van der Waals surface area contributed by atoms with Gasteiger partial charge in [-0.05, 0) is 23.8 Å². The van der Waals surface area contributed by atoms with Gasteiger partial charge in [0.05, 0.1) is 4.91 Å². The van der Waals surface area contributed by atoms with Crippen LogP contribution in [0.3, 0.4) is 0 Å². The SMILES string of the molecule is CC(=O)N1C(=O)/C(=C\c2cccc(Br)c2)SC1=S. The van der Waals surface area contributed by atoms with E-state index in [4.69, 9.17) is 12.2 Å². The number of thioether (sulfide) groups is 1. The highest BCUT2D eigenvalue weighted by molar-refractivity contribution is 9.10. The molecule has 6 heteroatoms. The minimum Gasteiger partial charge on any atom is -0.274 e. The number of imide groups is 1. The highest BCUT2D eigenvalue weighted by atomic mass is 79.9. The molecule has 2 amide bonds. The average molecular weight is 342 g/mol. The number of amides is 2. The molecule has 0 aromatic heterocycles. The van der Waals surface area contributed by atoms with Crippen molar-refractivity contribution in [2.45, 2.75) is 6.92 Å². The first-order chi connectivity index (χ1) is 8.49. The minimum atomic E-state index is -0.352. The first-order valence-corrected chi connectivity index (χ1v) is 7.05. The Bertz CT molecular complexity index is 583. The van der Waals surface area contributed by atoms with Gasteiger partial charge >= 0.3 is 0 Å². The van der Waals surface area contributed by atoms with E-state index in [9.17, 15) is 9.59 Å². The van der Waals surface area contributed by atoms with Gasteiger partial charge in [-0.3, -0.25) is 9.59 Å².